The number of aromatic nitrogens is 2. The molecular weight excluding hydrogens is 416 g/mol. The maximum atomic E-state index is 12.9. The number of anilines is 2. The lowest BCUT2D eigenvalue weighted by atomic mass is 10.1. The monoisotopic (exact) mass is 446 g/mol. The van der Waals surface area contributed by atoms with Crippen molar-refractivity contribution in [3.63, 3.8) is 0 Å². The minimum atomic E-state index is -0.0645. The molecule has 0 saturated carbocycles. The summed E-state index contributed by atoms with van der Waals surface area (Å²) in [5, 5.41) is 11.0. The van der Waals surface area contributed by atoms with Crippen LogP contribution in [0.5, 0.6) is 0 Å². The molecule has 2 amide bonds. The summed E-state index contributed by atoms with van der Waals surface area (Å²) < 4.78 is 0. The first-order valence-corrected chi connectivity index (χ1v) is 11.8. The number of nitrogens with zero attached hydrogens (tertiary/aromatic N) is 4. The highest BCUT2D eigenvalue weighted by atomic mass is 16.2. The second-order valence-electron chi connectivity index (χ2n) is 8.83. The summed E-state index contributed by atoms with van der Waals surface area (Å²) in [5.74, 6) is -0.0934. The highest BCUT2D eigenvalue weighted by Gasteiger charge is 2.26. The molecular formula is C25H30N6O2. The number of carbonyl (C=O) groups excluding carboxylic acids is 2. The van der Waals surface area contributed by atoms with Crippen LogP contribution in [-0.4, -0.2) is 77.6 Å². The molecule has 172 valence electrons. The summed E-state index contributed by atoms with van der Waals surface area (Å²) in [4.78, 5) is 31.8. The Morgan fingerprint density at radius 1 is 0.879 bits per heavy atom. The summed E-state index contributed by atoms with van der Waals surface area (Å²) in [7, 11) is 0. The highest BCUT2D eigenvalue weighted by molar-refractivity contribution is 6.04. The van der Waals surface area contributed by atoms with Gasteiger partial charge in [-0.25, -0.2) is 0 Å². The molecule has 0 unspecified atom stereocenters. The van der Waals surface area contributed by atoms with Crippen LogP contribution in [0.2, 0.25) is 0 Å². The molecule has 0 bridgehead atoms. The Kier molecular flexibility index (Phi) is 6.26. The second kappa shape index (κ2) is 9.62. The number of aromatic amines is 1. The van der Waals surface area contributed by atoms with E-state index >= 15 is 0 Å². The Hall–Kier alpha value is -3.39. The fraction of sp³-hybridized carbons (Fsp3) is 0.400. The minimum absolute atomic E-state index is 0.0289. The van der Waals surface area contributed by atoms with Gasteiger partial charge in [-0.05, 0) is 49.6 Å². The molecule has 1 aromatic heterocycles. The Morgan fingerprint density at radius 2 is 1.61 bits per heavy atom. The van der Waals surface area contributed by atoms with Crippen molar-refractivity contribution >= 4 is 34.1 Å². The van der Waals surface area contributed by atoms with Gasteiger partial charge >= 0.3 is 0 Å². The Labute approximate surface area is 193 Å². The van der Waals surface area contributed by atoms with Crippen molar-refractivity contribution < 1.29 is 9.59 Å². The van der Waals surface area contributed by atoms with E-state index in [-0.39, 0.29) is 11.8 Å². The fourth-order valence-corrected chi connectivity index (χ4v) is 4.70. The molecule has 2 aliphatic rings. The topological polar surface area (TPSA) is 84.6 Å². The average molecular weight is 447 g/mol. The molecule has 8 heteroatoms. The van der Waals surface area contributed by atoms with Gasteiger partial charge in [-0.15, -0.1) is 0 Å². The molecule has 3 aromatic rings. The lowest BCUT2D eigenvalue weighted by molar-refractivity contribution is -0.117. The van der Waals surface area contributed by atoms with Gasteiger partial charge in [0.2, 0.25) is 5.91 Å². The number of nitrogens with one attached hydrogen (secondary N) is 2. The van der Waals surface area contributed by atoms with Gasteiger partial charge < -0.3 is 15.1 Å². The van der Waals surface area contributed by atoms with Crippen LogP contribution in [-0.2, 0) is 4.79 Å². The lowest BCUT2D eigenvalue weighted by Gasteiger charge is -2.34. The molecule has 0 radical (unpaired) electrons. The Morgan fingerprint density at radius 3 is 2.36 bits per heavy atom. The number of para-hydroxylation sites is 1. The van der Waals surface area contributed by atoms with Crippen LogP contribution in [0.25, 0.3) is 10.9 Å². The predicted molar refractivity (Wildman–Crippen MR) is 130 cm³/mol. The molecule has 2 fully saturated rings. The molecule has 2 aliphatic heterocycles. The van der Waals surface area contributed by atoms with Crippen molar-refractivity contribution in [3.8, 4) is 0 Å². The maximum Gasteiger partial charge on any atom is 0.275 e. The van der Waals surface area contributed by atoms with Crippen molar-refractivity contribution in [1.29, 1.82) is 0 Å². The quantitative estimate of drug-likeness (QED) is 0.630. The van der Waals surface area contributed by atoms with Gasteiger partial charge in [0.1, 0.15) is 0 Å². The molecule has 3 heterocycles. The normalized spacial score (nSPS) is 17.3. The largest absolute Gasteiger partial charge is 0.372 e. The number of benzene rings is 2. The zero-order valence-electron chi connectivity index (χ0n) is 18.8. The number of hydrogen-bond acceptors (Lipinski definition) is 5. The van der Waals surface area contributed by atoms with Crippen LogP contribution in [0.15, 0.2) is 48.5 Å². The lowest BCUT2D eigenvalue weighted by Crippen LogP contribution is -2.50. The number of piperazine rings is 1. The SMILES string of the molecule is O=C(CN1CCN(C(=O)c2n[nH]c3ccccc23)CC1)Nc1ccc(N2CCCCC2)cc1. The van der Waals surface area contributed by atoms with Gasteiger partial charge in [-0.3, -0.25) is 19.6 Å². The fourth-order valence-electron chi connectivity index (χ4n) is 4.70. The Bertz CT molecular complexity index is 1110. The average Bonchev–Trinajstić information content (AvgIpc) is 3.29. The van der Waals surface area contributed by atoms with E-state index < -0.39 is 0 Å². The van der Waals surface area contributed by atoms with E-state index in [1.54, 1.807) is 0 Å². The van der Waals surface area contributed by atoms with Crippen molar-refractivity contribution in [2.45, 2.75) is 19.3 Å². The first-order chi connectivity index (χ1) is 16.2. The van der Waals surface area contributed by atoms with Gasteiger partial charge in [-0.1, -0.05) is 18.2 Å². The smallest absolute Gasteiger partial charge is 0.275 e. The van der Waals surface area contributed by atoms with Gasteiger partial charge in [0.15, 0.2) is 5.69 Å². The van der Waals surface area contributed by atoms with E-state index in [4.69, 9.17) is 0 Å². The van der Waals surface area contributed by atoms with Crippen molar-refractivity contribution in [1.82, 2.24) is 20.0 Å². The summed E-state index contributed by atoms with van der Waals surface area (Å²) in [6.45, 7) is 5.02. The van der Waals surface area contributed by atoms with Crippen molar-refractivity contribution in [3.05, 3.63) is 54.2 Å². The van der Waals surface area contributed by atoms with Crippen LogP contribution in [0.1, 0.15) is 29.8 Å². The number of fused-ring (bicyclic) bond motifs is 1. The zero-order chi connectivity index (χ0) is 22.6. The first kappa shape index (κ1) is 21.5. The van der Waals surface area contributed by atoms with Gasteiger partial charge in [-0.2, -0.15) is 5.10 Å². The molecule has 2 aromatic carbocycles. The molecule has 0 spiro atoms. The second-order valence-corrected chi connectivity index (χ2v) is 8.83. The number of H-pyrrole nitrogens is 1. The summed E-state index contributed by atoms with van der Waals surface area (Å²) in [6, 6.07) is 15.8. The molecule has 2 N–H and O–H groups in total. The third-order valence-corrected chi connectivity index (χ3v) is 6.57. The highest BCUT2D eigenvalue weighted by Crippen LogP contribution is 2.22. The summed E-state index contributed by atoms with van der Waals surface area (Å²) in [6.07, 6.45) is 3.80. The van der Waals surface area contributed by atoms with Crippen LogP contribution in [0.4, 0.5) is 11.4 Å². The molecule has 8 nitrogen and oxygen atoms in total. The van der Waals surface area contributed by atoms with Crippen molar-refractivity contribution in [2.24, 2.45) is 0 Å². The molecule has 0 atom stereocenters. The van der Waals surface area contributed by atoms with E-state index in [9.17, 15) is 9.59 Å². The molecule has 2 saturated heterocycles. The summed E-state index contributed by atoms with van der Waals surface area (Å²) >= 11 is 0. The van der Waals surface area contributed by atoms with Crippen molar-refractivity contribution in [2.75, 3.05) is 56.0 Å². The molecule has 33 heavy (non-hydrogen) atoms. The number of carbonyl (C=O) groups is 2. The van der Waals surface area contributed by atoms with Gasteiger partial charge in [0.05, 0.1) is 12.1 Å². The number of piperidine rings is 1. The third-order valence-electron chi connectivity index (χ3n) is 6.57. The molecule has 5 rings (SSSR count). The third kappa shape index (κ3) is 4.85. The standard InChI is InChI=1S/C25H30N6O2/c32-23(26-19-8-10-20(11-9-19)30-12-4-1-5-13-30)18-29-14-16-31(17-15-29)25(33)24-21-6-2-3-7-22(21)27-28-24/h2-3,6-11H,1,4-5,12-18H2,(H,26,32)(H,27,28). The molecule has 0 aliphatic carbocycles. The van der Waals surface area contributed by atoms with E-state index in [1.807, 2.05) is 41.3 Å². The van der Waals surface area contributed by atoms with E-state index in [0.29, 0.717) is 38.4 Å². The van der Waals surface area contributed by atoms with E-state index in [0.717, 1.165) is 29.7 Å². The van der Waals surface area contributed by atoms with Crippen LogP contribution >= 0.6 is 0 Å². The minimum Gasteiger partial charge on any atom is -0.372 e. The van der Waals surface area contributed by atoms with E-state index in [1.165, 1.54) is 24.9 Å². The van der Waals surface area contributed by atoms with Crippen LogP contribution in [0.3, 0.4) is 0 Å². The summed E-state index contributed by atoms with van der Waals surface area (Å²) in [5.41, 5.74) is 3.36. The van der Waals surface area contributed by atoms with Gasteiger partial charge in [0, 0.05) is 56.0 Å². The number of hydrogen-bond donors (Lipinski definition) is 2. The zero-order valence-corrected chi connectivity index (χ0v) is 18.8. The predicted octanol–water partition coefficient (Wildman–Crippen LogP) is 2.95. The first-order valence-electron chi connectivity index (χ1n) is 11.8. The van der Waals surface area contributed by atoms with Crippen LogP contribution < -0.4 is 10.2 Å². The maximum absolute atomic E-state index is 12.9. The number of amides is 2. The van der Waals surface area contributed by atoms with E-state index in [2.05, 4.69) is 37.4 Å². The Balaban J connectivity index is 1.10. The van der Waals surface area contributed by atoms with Crippen LogP contribution in [0, 0.1) is 0 Å². The van der Waals surface area contributed by atoms with Gasteiger partial charge in [0.25, 0.3) is 5.91 Å². The number of rotatable bonds is 5.